The first-order valence-corrected chi connectivity index (χ1v) is 10.5. The van der Waals surface area contributed by atoms with E-state index in [0.29, 0.717) is 10.6 Å². The second-order valence-corrected chi connectivity index (χ2v) is 8.28. The highest BCUT2D eigenvalue weighted by molar-refractivity contribution is 7.85. The van der Waals surface area contributed by atoms with Crippen LogP contribution in [0.1, 0.15) is 12.5 Å². The number of hydrogen-bond donors (Lipinski definition) is 0. The molecule has 4 rings (SSSR count). The topological polar surface area (TPSA) is 43.4 Å². The number of carbonyl (C=O) groups excluding carboxylic acids is 1. The van der Waals surface area contributed by atoms with E-state index in [2.05, 4.69) is 0 Å². The van der Waals surface area contributed by atoms with Crippen molar-refractivity contribution >= 4 is 27.5 Å². The fourth-order valence-electron chi connectivity index (χ4n) is 3.39. The number of ether oxygens (including phenoxy) is 1. The van der Waals surface area contributed by atoms with E-state index in [9.17, 15) is 9.00 Å². The predicted octanol–water partition coefficient (Wildman–Crippen LogP) is 5.91. The lowest BCUT2D eigenvalue weighted by Gasteiger charge is -2.16. The van der Waals surface area contributed by atoms with Crippen molar-refractivity contribution in [2.45, 2.75) is 23.6 Å². The summed E-state index contributed by atoms with van der Waals surface area (Å²) in [5, 5.41) is 1.97. The third-order valence-electron chi connectivity index (χ3n) is 4.74. The zero-order valence-electron chi connectivity index (χ0n) is 16.2. The molecule has 3 nitrogen and oxygen atoms in total. The van der Waals surface area contributed by atoms with Crippen LogP contribution in [0.2, 0.25) is 0 Å². The van der Waals surface area contributed by atoms with Crippen molar-refractivity contribution < 1.29 is 13.7 Å². The molecule has 144 valence electrons. The van der Waals surface area contributed by atoms with E-state index in [-0.39, 0.29) is 0 Å². The lowest BCUT2D eigenvalue weighted by atomic mass is 9.97. The Morgan fingerprint density at radius 2 is 1.52 bits per heavy atom. The molecule has 0 saturated carbocycles. The van der Waals surface area contributed by atoms with Crippen molar-refractivity contribution in [1.29, 1.82) is 0 Å². The van der Waals surface area contributed by atoms with Crippen LogP contribution in [0.4, 0.5) is 0 Å². The van der Waals surface area contributed by atoms with Crippen molar-refractivity contribution in [1.82, 2.24) is 0 Å². The van der Waals surface area contributed by atoms with E-state index in [1.54, 1.807) is 6.07 Å². The highest BCUT2D eigenvalue weighted by Crippen LogP contribution is 2.40. The molecular weight excluding hydrogens is 380 g/mol. The van der Waals surface area contributed by atoms with E-state index in [0.717, 1.165) is 32.4 Å². The lowest BCUT2D eigenvalue weighted by Crippen LogP contribution is -2.04. The summed E-state index contributed by atoms with van der Waals surface area (Å²) in [5.41, 5.74) is 2.68. The molecule has 1 unspecified atom stereocenters. The van der Waals surface area contributed by atoms with Gasteiger partial charge in [-0.3, -0.25) is 4.79 Å². The average molecular weight is 400 g/mol. The van der Waals surface area contributed by atoms with Gasteiger partial charge in [0.25, 0.3) is 0 Å². The standard InChI is InChI=1S/C25H20O3S/c1-17-11-14-20(15-12-17)29(27)24-10-6-5-9-22(24)25-21-8-4-3-7-19(21)13-16-23(25)28-18(2)26/h3-16H,1-2H3. The van der Waals surface area contributed by atoms with Crippen molar-refractivity contribution in [3.05, 3.63) is 90.5 Å². The molecule has 0 radical (unpaired) electrons. The SMILES string of the molecule is CC(=O)Oc1ccc2ccccc2c1-c1ccccc1S(=O)c1ccc(C)cc1. The number of hydrogen-bond acceptors (Lipinski definition) is 3. The molecule has 4 aromatic carbocycles. The molecule has 0 amide bonds. The number of fused-ring (bicyclic) bond motifs is 1. The molecule has 0 bridgehead atoms. The van der Waals surface area contributed by atoms with Gasteiger partial charge in [-0.25, -0.2) is 4.21 Å². The fourth-order valence-corrected chi connectivity index (χ4v) is 4.60. The number of carbonyl (C=O) groups is 1. The van der Waals surface area contributed by atoms with Crippen LogP contribution in [-0.4, -0.2) is 10.2 Å². The van der Waals surface area contributed by atoms with Gasteiger partial charge in [0.2, 0.25) is 0 Å². The second-order valence-electron chi connectivity index (χ2n) is 6.83. The molecule has 4 aromatic rings. The Morgan fingerprint density at radius 1 is 0.828 bits per heavy atom. The Balaban J connectivity index is 1.96. The van der Waals surface area contributed by atoms with Crippen LogP contribution in [0.5, 0.6) is 5.75 Å². The largest absolute Gasteiger partial charge is 0.426 e. The van der Waals surface area contributed by atoms with Gasteiger partial charge in [0.05, 0.1) is 15.7 Å². The van der Waals surface area contributed by atoms with Crippen LogP contribution in [0, 0.1) is 6.92 Å². The molecule has 1 atom stereocenters. The molecule has 0 fully saturated rings. The van der Waals surface area contributed by atoms with Gasteiger partial charge in [-0.1, -0.05) is 66.2 Å². The molecule has 0 aliphatic carbocycles. The van der Waals surface area contributed by atoms with Crippen LogP contribution in [0.3, 0.4) is 0 Å². The maximum absolute atomic E-state index is 13.4. The molecule has 0 aliphatic rings. The Morgan fingerprint density at radius 3 is 2.28 bits per heavy atom. The minimum Gasteiger partial charge on any atom is -0.426 e. The summed E-state index contributed by atoms with van der Waals surface area (Å²) in [6.45, 7) is 3.39. The first kappa shape index (κ1) is 19.1. The van der Waals surface area contributed by atoms with Crippen molar-refractivity contribution in [2.75, 3.05) is 0 Å². The third kappa shape index (κ3) is 3.84. The molecule has 0 saturated heterocycles. The van der Waals surface area contributed by atoms with Crippen molar-refractivity contribution in [3.63, 3.8) is 0 Å². The summed E-state index contributed by atoms with van der Waals surface area (Å²) >= 11 is 0. The van der Waals surface area contributed by atoms with Gasteiger partial charge in [0, 0.05) is 22.9 Å². The maximum atomic E-state index is 13.4. The van der Waals surface area contributed by atoms with Crippen molar-refractivity contribution in [2.24, 2.45) is 0 Å². The summed E-state index contributed by atoms with van der Waals surface area (Å²) in [5.74, 6) is 0.0724. The van der Waals surface area contributed by atoms with E-state index >= 15 is 0 Å². The van der Waals surface area contributed by atoms with E-state index in [4.69, 9.17) is 4.74 Å². The van der Waals surface area contributed by atoms with E-state index < -0.39 is 16.8 Å². The molecule has 4 heteroatoms. The van der Waals surface area contributed by atoms with Crippen LogP contribution in [0.25, 0.3) is 21.9 Å². The molecule has 0 spiro atoms. The monoisotopic (exact) mass is 400 g/mol. The predicted molar refractivity (Wildman–Crippen MR) is 117 cm³/mol. The fraction of sp³-hybridized carbons (Fsp3) is 0.0800. The van der Waals surface area contributed by atoms with Gasteiger partial charge in [0.1, 0.15) is 5.75 Å². The normalized spacial score (nSPS) is 11.9. The first-order chi connectivity index (χ1) is 14.0. The van der Waals surface area contributed by atoms with Gasteiger partial charge in [-0.15, -0.1) is 0 Å². The summed E-state index contributed by atoms with van der Waals surface area (Å²) in [4.78, 5) is 13.1. The quantitative estimate of drug-likeness (QED) is 0.316. The first-order valence-electron chi connectivity index (χ1n) is 9.32. The molecule has 0 aromatic heterocycles. The Hall–Kier alpha value is -3.24. The maximum Gasteiger partial charge on any atom is 0.308 e. The second kappa shape index (κ2) is 8.02. The smallest absolute Gasteiger partial charge is 0.308 e. The Bertz CT molecular complexity index is 1230. The van der Waals surface area contributed by atoms with Crippen molar-refractivity contribution in [3.8, 4) is 16.9 Å². The van der Waals surface area contributed by atoms with Gasteiger partial charge < -0.3 is 4.74 Å². The number of benzene rings is 4. The summed E-state index contributed by atoms with van der Waals surface area (Å²) in [7, 11) is -1.37. The number of rotatable bonds is 4. The van der Waals surface area contributed by atoms with Crippen LogP contribution in [-0.2, 0) is 15.6 Å². The summed E-state index contributed by atoms with van der Waals surface area (Å²) in [6, 6.07) is 26.9. The number of esters is 1. The number of aryl methyl sites for hydroxylation is 1. The zero-order chi connectivity index (χ0) is 20.4. The minimum absolute atomic E-state index is 0.390. The van der Waals surface area contributed by atoms with Gasteiger partial charge >= 0.3 is 5.97 Å². The minimum atomic E-state index is -1.37. The zero-order valence-corrected chi connectivity index (χ0v) is 17.0. The summed E-state index contributed by atoms with van der Waals surface area (Å²) < 4.78 is 19.0. The van der Waals surface area contributed by atoms with Gasteiger partial charge in [-0.2, -0.15) is 0 Å². The van der Waals surface area contributed by atoms with E-state index in [1.165, 1.54) is 6.92 Å². The van der Waals surface area contributed by atoms with Gasteiger partial charge in [0.15, 0.2) is 0 Å². The van der Waals surface area contributed by atoms with Gasteiger partial charge in [-0.05, 0) is 42.0 Å². The van der Waals surface area contributed by atoms with E-state index in [1.807, 2.05) is 85.8 Å². The molecular formula is C25H20O3S. The average Bonchev–Trinajstić information content (AvgIpc) is 2.73. The van der Waals surface area contributed by atoms with Crippen LogP contribution in [0.15, 0.2) is 94.7 Å². The van der Waals surface area contributed by atoms with Crippen LogP contribution < -0.4 is 4.74 Å². The molecule has 0 aliphatic heterocycles. The highest BCUT2D eigenvalue weighted by Gasteiger charge is 2.19. The van der Waals surface area contributed by atoms with Crippen LogP contribution >= 0.6 is 0 Å². The third-order valence-corrected chi connectivity index (χ3v) is 6.19. The molecule has 0 heterocycles. The lowest BCUT2D eigenvalue weighted by molar-refractivity contribution is -0.131. The Labute approximate surface area is 172 Å². The summed E-state index contributed by atoms with van der Waals surface area (Å²) in [6.07, 6.45) is 0. The molecule has 29 heavy (non-hydrogen) atoms. The highest BCUT2D eigenvalue weighted by atomic mass is 32.2. The Kier molecular flexibility index (Phi) is 5.28. The molecule has 0 N–H and O–H groups in total.